The fraction of sp³-hybridized carbons (Fsp3) is 0.125. The van der Waals surface area contributed by atoms with Crippen LogP contribution in [0, 0.1) is 22.7 Å². The summed E-state index contributed by atoms with van der Waals surface area (Å²) < 4.78 is 4.42. The van der Waals surface area contributed by atoms with Gasteiger partial charge in [0.1, 0.15) is 11.6 Å². The van der Waals surface area contributed by atoms with Gasteiger partial charge in [0.15, 0.2) is 0 Å². The molecule has 0 saturated carbocycles. The Hall–Kier alpha value is -6.96. The zero-order valence-corrected chi connectivity index (χ0v) is 31.2. The second kappa shape index (κ2) is 13.5. The molecule has 0 atom stereocenters. The Bertz CT molecular complexity index is 2840. The average molecular weight is 709 g/mol. The van der Waals surface area contributed by atoms with Gasteiger partial charge in [-0.15, -0.1) is 0 Å². The van der Waals surface area contributed by atoms with E-state index in [-0.39, 0.29) is 0 Å². The molecule has 0 bridgehead atoms. The van der Waals surface area contributed by atoms with E-state index in [1.165, 1.54) is 11.1 Å². The van der Waals surface area contributed by atoms with Crippen LogP contribution in [-0.4, -0.2) is 25.8 Å². The summed E-state index contributed by atoms with van der Waals surface area (Å²) in [5, 5.41) is 25.9. The lowest BCUT2D eigenvalue weighted by atomic mass is 9.35. The molecule has 7 heteroatoms. The third-order valence-corrected chi connectivity index (χ3v) is 11.0. The van der Waals surface area contributed by atoms with Crippen molar-refractivity contribution in [2.24, 2.45) is 0 Å². The van der Waals surface area contributed by atoms with Gasteiger partial charge in [0.05, 0.1) is 34.2 Å². The highest BCUT2D eigenvalue weighted by Crippen LogP contribution is 2.34. The number of pyridine rings is 2. The van der Waals surface area contributed by atoms with Crippen LogP contribution in [0.1, 0.15) is 61.8 Å². The molecule has 0 spiro atoms. The summed E-state index contributed by atoms with van der Waals surface area (Å²) in [7, 11) is 0. The largest absolute Gasteiger partial charge is 0.294 e. The monoisotopic (exact) mass is 708 g/mol. The standard InChI is InChI=1S/C48H37BN6/c1-30(2)32-18-20-52-47(24-32)54-43-16-10-8-14-37(43)39-22-34(28-50)41(26-45(39)54)49(36-12-6-5-7-13-36)42-27-46-40(23-35(42)29-51)38-15-9-11-17-44(38)55(46)48-25-33(31(3)4)19-21-53-48/h5-27,30-31H,1-4H3. The van der Waals surface area contributed by atoms with E-state index >= 15 is 0 Å². The molecule has 9 aromatic rings. The summed E-state index contributed by atoms with van der Waals surface area (Å²) in [6.07, 6.45) is 3.75. The number of aromatic nitrogens is 4. The number of benzene rings is 5. The first-order chi connectivity index (χ1) is 26.9. The molecule has 0 saturated heterocycles. The summed E-state index contributed by atoms with van der Waals surface area (Å²) >= 11 is 0. The molecule has 55 heavy (non-hydrogen) atoms. The molecule has 4 aromatic heterocycles. The minimum Gasteiger partial charge on any atom is -0.294 e. The molecule has 9 rings (SSSR count). The first-order valence-corrected chi connectivity index (χ1v) is 18.8. The van der Waals surface area contributed by atoms with E-state index < -0.39 is 6.71 Å². The van der Waals surface area contributed by atoms with Crippen molar-refractivity contribution in [1.82, 2.24) is 19.1 Å². The van der Waals surface area contributed by atoms with Crippen LogP contribution < -0.4 is 16.4 Å². The summed E-state index contributed by atoms with van der Waals surface area (Å²) in [6.45, 7) is 8.31. The third kappa shape index (κ3) is 5.56. The van der Waals surface area contributed by atoms with Gasteiger partial charge in [0, 0.05) is 45.1 Å². The van der Waals surface area contributed by atoms with Gasteiger partial charge in [0.25, 0.3) is 0 Å². The van der Waals surface area contributed by atoms with E-state index in [0.29, 0.717) is 23.0 Å². The maximum absolute atomic E-state index is 10.9. The van der Waals surface area contributed by atoms with Crippen LogP contribution in [0.25, 0.3) is 55.2 Å². The first-order valence-electron chi connectivity index (χ1n) is 18.8. The molecule has 0 radical (unpaired) electrons. The maximum Gasteiger partial charge on any atom is 0.244 e. The van der Waals surface area contributed by atoms with Gasteiger partial charge in [0.2, 0.25) is 6.71 Å². The van der Waals surface area contributed by atoms with Gasteiger partial charge < -0.3 is 0 Å². The Labute approximate surface area is 320 Å². The molecule has 4 heterocycles. The number of nitriles is 2. The normalized spacial score (nSPS) is 11.6. The second-order valence-electron chi connectivity index (χ2n) is 14.9. The predicted molar refractivity (Wildman–Crippen MR) is 226 cm³/mol. The lowest BCUT2D eigenvalue weighted by Crippen LogP contribution is -2.54. The molecular weight excluding hydrogens is 671 g/mol. The molecule has 0 aliphatic carbocycles. The lowest BCUT2D eigenvalue weighted by molar-refractivity contribution is 0.858. The minimum absolute atomic E-state index is 0.330. The third-order valence-electron chi connectivity index (χ3n) is 11.0. The number of rotatable bonds is 7. The minimum atomic E-state index is -0.442. The predicted octanol–water partition coefficient (Wildman–Crippen LogP) is 9.18. The summed E-state index contributed by atoms with van der Waals surface area (Å²) in [6, 6.07) is 48.8. The Morgan fingerprint density at radius 2 is 0.927 bits per heavy atom. The van der Waals surface area contributed by atoms with E-state index in [1.54, 1.807) is 0 Å². The summed E-state index contributed by atoms with van der Waals surface area (Å²) in [5.74, 6) is 2.31. The number of hydrogen-bond acceptors (Lipinski definition) is 4. The van der Waals surface area contributed by atoms with Crippen molar-refractivity contribution in [3.05, 3.63) is 162 Å². The van der Waals surface area contributed by atoms with Crippen molar-refractivity contribution < 1.29 is 0 Å². The Morgan fingerprint density at radius 3 is 1.36 bits per heavy atom. The molecule has 0 aliphatic rings. The summed E-state index contributed by atoms with van der Waals surface area (Å²) in [4.78, 5) is 9.76. The SMILES string of the molecule is CC(C)c1ccnc(-n2c3ccccc3c3cc(C#N)c(B(c4ccccc4)c4cc5c(cc4C#N)c4ccccc4n5-c4cc(C(C)C)ccn4)cc32)c1. The average Bonchev–Trinajstić information content (AvgIpc) is 3.72. The van der Waals surface area contributed by atoms with Gasteiger partial charge in [-0.05, 0) is 94.6 Å². The van der Waals surface area contributed by atoms with E-state index in [9.17, 15) is 10.5 Å². The van der Waals surface area contributed by atoms with Crippen LogP contribution in [0.4, 0.5) is 0 Å². The van der Waals surface area contributed by atoms with E-state index in [1.807, 2.05) is 67.0 Å². The molecule has 0 unspecified atom stereocenters. The second-order valence-corrected chi connectivity index (χ2v) is 14.9. The maximum atomic E-state index is 10.9. The smallest absolute Gasteiger partial charge is 0.244 e. The van der Waals surface area contributed by atoms with Crippen LogP contribution in [0.3, 0.4) is 0 Å². The van der Waals surface area contributed by atoms with Crippen LogP contribution in [0.2, 0.25) is 0 Å². The van der Waals surface area contributed by atoms with E-state index in [4.69, 9.17) is 9.97 Å². The molecule has 0 aliphatic heterocycles. The van der Waals surface area contributed by atoms with Crippen LogP contribution in [0.15, 0.2) is 140 Å². The Kier molecular flexibility index (Phi) is 8.29. The van der Waals surface area contributed by atoms with Gasteiger partial charge in [-0.25, -0.2) is 9.97 Å². The molecule has 262 valence electrons. The van der Waals surface area contributed by atoms with Crippen molar-refractivity contribution in [2.45, 2.75) is 39.5 Å². The Balaban J connectivity index is 1.38. The molecule has 0 amide bonds. The first kappa shape index (κ1) is 33.9. The number of hydrogen-bond donors (Lipinski definition) is 0. The molecular formula is C48H37BN6. The highest BCUT2D eigenvalue weighted by Gasteiger charge is 2.30. The van der Waals surface area contributed by atoms with Gasteiger partial charge in [-0.3, -0.25) is 9.13 Å². The molecule has 0 N–H and O–H groups in total. The fourth-order valence-electron chi connectivity index (χ4n) is 8.23. The van der Waals surface area contributed by atoms with E-state index in [0.717, 1.165) is 71.6 Å². The van der Waals surface area contributed by atoms with Crippen LogP contribution in [-0.2, 0) is 0 Å². The summed E-state index contributed by atoms with van der Waals surface area (Å²) in [5.41, 5.74) is 10.1. The van der Waals surface area contributed by atoms with Gasteiger partial charge in [-0.2, -0.15) is 10.5 Å². The zero-order valence-electron chi connectivity index (χ0n) is 31.2. The fourth-order valence-corrected chi connectivity index (χ4v) is 8.23. The van der Waals surface area contributed by atoms with Crippen molar-refractivity contribution in [3.63, 3.8) is 0 Å². The number of fused-ring (bicyclic) bond motifs is 6. The van der Waals surface area contributed by atoms with Crippen molar-refractivity contribution in [1.29, 1.82) is 10.5 Å². The number of para-hydroxylation sites is 2. The highest BCUT2D eigenvalue weighted by molar-refractivity contribution is 6.96. The topological polar surface area (TPSA) is 83.2 Å². The Morgan fingerprint density at radius 1 is 0.491 bits per heavy atom. The molecule has 6 nitrogen and oxygen atoms in total. The van der Waals surface area contributed by atoms with E-state index in [2.05, 4.69) is 122 Å². The van der Waals surface area contributed by atoms with Crippen LogP contribution >= 0.6 is 0 Å². The quantitative estimate of drug-likeness (QED) is 0.155. The van der Waals surface area contributed by atoms with Gasteiger partial charge in [-0.1, -0.05) is 99.9 Å². The highest BCUT2D eigenvalue weighted by atomic mass is 15.1. The van der Waals surface area contributed by atoms with Crippen molar-refractivity contribution in [2.75, 3.05) is 0 Å². The zero-order chi connectivity index (χ0) is 37.8. The van der Waals surface area contributed by atoms with Crippen molar-refractivity contribution in [3.8, 4) is 23.8 Å². The lowest BCUT2D eigenvalue weighted by Gasteiger charge is -2.20. The van der Waals surface area contributed by atoms with Crippen LogP contribution in [0.5, 0.6) is 0 Å². The molecule has 0 fully saturated rings. The van der Waals surface area contributed by atoms with Gasteiger partial charge >= 0.3 is 0 Å². The number of nitrogens with zero attached hydrogens (tertiary/aromatic N) is 6. The molecule has 5 aromatic carbocycles. The van der Waals surface area contributed by atoms with Crippen molar-refractivity contribution >= 4 is 66.7 Å².